The van der Waals surface area contributed by atoms with Crippen LogP contribution in [0.1, 0.15) is 49.3 Å². The van der Waals surface area contributed by atoms with Gasteiger partial charge in [0.25, 0.3) is 5.91 Å². The number of carbonyl (C=O) groups excluding carboxylic acids is 1. The predicted octanol–water partition coefficient (Wildman–Crippen LogP) is 3.80. The first kappa shape index (κ1) is 22.1. The molecule has 33 heavy (non-hydrogen) atoms. The zero-order valence-corrected chi connectivity index (χ0v) is 18.6. The summed E-state index contributed by atoms with van der Waals surface area (Å²) in [7, 11) is 0. The molecule has 9 nitrogen and oxygen atoms in total. The Labute approximate surface area is 190 Å². The normalized spacial score (nSPS) is 11.3. The minimum atomic E-state index is -0.421. The predicted molar refractivity (Wildman–Crippen MR) is 125 cm³/mol. The zero-order chi connectivity index (χ0) is 23.2. The van der Waals surface area contributed by atoms with Gasteiger partial charge in [-0.25, -0.2) is 4.79 Å². The SMILES string of the molecule is CCC=Cc1nn(C(=O)CCC)c(=O)n1Cc1ccc(-c2ccccc2-c2nn[nH]n2)cc1. The standard InChI is InChI=1S/C24H25N7O2/c1-3-5-11-21-27-31(22(32)8-4-2)24(33)30(21)16-17-12-14-18(15-13-17)19-9-6-7-10-20(19)23-25-28-29-26-23/h5-7,9-15H,3-4,8,16H2,1-2H3,(H,25,26,28,29). The number of aromatic amines is 1. The second-order valence-electron chi connectivity index (χ2n) is 7.57. The first-order valence-corrected chi connectivity index (χ1v) is 10.9. The van der Waals surface area contributed by atoms with Gasteiger partial charge in [-0.1, -0.05) is 68.5 Å². The van der Waals surface area contributed by atoms with Crippen molar-refractivity contribution in [2.75, 3.05) is 0 Å². The summed E-state index contributed by atoms with van der Waals surface area (Å²) in [5.41, 5.74) is 3.35. The Morgan fingerprint density at radius 3 is 2.48 bits per heavy atom. The average Bonchev–Trinajstić information content (AvgIpc) is 3.48. The van der Waals surface area contributed by atoms with Crippen molar-refractivity contribution >= 4 is 12.0 Å². The zero-order valence-electron chi connectivity index (χ0n) is 18.6. The lowest BCUT2D eigenvalue weighted by atomic mass is 9.98. The lowest BCUT2D eigenvalue weighted by Gasteiger charge is -2.09. The topological polar surface area (TPSA) is 111 Å². The molecule has 2 aromatic carbocycles. The molecule has 0 aliphatic carbocycles. The van der Waals surface area contributed by atoms with Gasteiger partial charge < -0.3 is 0 Å². The van der Waals surface area contributed by atoms with Gasteiger partial charge in [-0.2, -0.15) is 5.21 Å². The Morgan fingerprint density at radius 2 is 1.82 bits per heavy atom. The molecule has 0 radical (unpaired) electrons. The Hall–Kier alpha value is -4.14. The Kier molecular flexibility index (Phi) is 6.68. The van der Waals surface area contributed by atoms with Crippen LogP contribution in [-0.4, -0.2) is 40.9 Å². The van der Waals surface area contributed by atoms with E-state index in [2.05, 4.69) is 25.7 Å². The van der Waals surface area contributed by atoms with Crippen LogP contribution in [0, 0.1) is 0 Å². The first-order valence-electron chi connectivity index (χ1n) is 10.9. The van der Waals surface area contributed by atoms with Crippen molar-refractivity contribution in [3.05, 3.63) is 76.5 Å². The monoisotopic (exact) mass is 443 g/mol. The Balaban J connectivity index is 1.65. The number of allylic oxidation sites excluding steroid dienone is 1. The van der Waals surface area contributed by atoms with E-state index in [-0.39, 0.29) is 12.3 Å². The summed E-state index contributed by atoms with van der Waals surface area (Å²) in [6.45, 7) is 4.22. The molecule has 168 valence electrons. The summed E-state index contributed by atoms with van der Waals surface area (Å²) in [5, 5.41) is 18.6. The number of hydrogen-bond acceptors (Lipinski definition) is 6. The lowest BCUT2D eigenvalue weighted by Crippen LogP contribution is -2.30. The van der Waals surface area contributed by atoms with Crippen LogP contribution in [0.5, 0.6) is 0 Å². The second kappa shape index (κ2) is 9.99. The molecule has 0 amide bonds. The van der Waals surface area contributed by atoms with Crippen LogP contribution in [0.2, 0.25) is 0 Å². The maximum Gasteiger partial charge on any atom is 0.353 e. The molecule has 0 atom stereocenters. The van der Waals surface area contributed by atoms with Crippen molar-refractivity contribution < 1.29 is 4.79 Å². The number of nitrogens with one attached hydrogen (secondary N) is 1. The van der Waals surface area contributed by atoms with Gasteiger partial charge in [0, 0.05) is 12.0 Å². The maximum absolute atomic E-state index is 12.9. The third kappa shape index (κ3) is 4.72. The van der Waals surface area contributed by atoms with Crippen LogP contribution in [-0.2, 0) is 6.54 Å². The highest BCUT2D eigenvalue weighted by atomic mass is 16.2. The van der Waals surface area contributed by atoms with Crippen molar-refractivity contribution in [3.63, 3.8) is 0 Å². The van der Waals surface area contributed by atoms with E-state index in [0.29, 0.717) is 24.6 Å². The molecule has 0 bridgehead atoms. The molecule has 4 aromatic rings. The van der Waals surface area contributed by atoms with Gasteiger partial charge in [0.2, 0.25) is 5.82 Å². The van der Waals surface area contributed by atoms with Crippen LogP contribution in [0.4, 0.5) is 0 Å². The second-order valence-corrected chi connectivity index (χ2v) is 7.57. The highest BCUT2D eigenvalue weighted by Gasteiger charge is 2.17. The molecular formula is C24H25N7O2. The quantitative estimate of drug-likeness (QED) is 0.443. The van der Waals surface area contributed by atoms with Crippen LogP contribution in [0.15, 0.2) is 59.4 Å². The summed E-state index contributed by atoms with van der Waals surface area (Å²) < 4.78 is 2.51. The number of hydrogen-bond donors (Lipinski definition) is 1. The minimum Gasteiger partial charge on any atom is -0.272 e. The van der Waals surface area contributed by atoms with Gasteiger partial charge in [-0.15, -0.1) is 20.0 Å². The Bertz CT molecular complexity index is 1320. The van der Waals surface area contributed by atoms with E-state index < -0.39 is 5.69 Å². The van der Waals surface area contributed by atoms with Crippen molar-refractivity contribution in [2.45, 2.75) is 39.7 Å². The molecule has 9 heteroatoms. The number of carbonyl (C=O) groups is 1. The van der Waals surface area contributed by atoms with E-state index in [1.165, 1.54) is 4.57 Å². The summed E-state index contributed by atoms with van der Waals surface area (Å²) >= 11 is 0. The molecule has 0 unspecified atom stereocenters. The van der Waals surface area contributed by atoms with Crippen molar-refractivity contribution in [1.82, 2.24) is 35.0 Å². The van der Waals surface area contributed by atoms with Gasteiger partial charge in [-0.3, -0.25) is 9.36 Å². The van der Waals surface area contributed by atoms with E-state index in [4.69, 9.17) is 0 Å². The molecule has 0 aliphatic heterocycles. The molecule has 0 saturated heterocycles. The number of rotatable bonds is 8. The number of H-pyrrole nitrogens is 1. The summed E-state index contributed by atoms with van der Waals surface area (Å²) in [4.78, 5) is 25.3. The highest BCUT2D eigenvalue weighted by Crippen LogP contribution is 2.29. The van der Waals surface area contributed by atoms with E-state index in [1.54, 1.807) is 6.08 Å². The number of tetrazole rings is 1. The molecule has 0 spiro atoms. The fourth-order valence-electron chi connectivity index (χ4n) is 3.57. The van der Waals surface area contributed by atoms with Crippen molar-refractivity contribution in [3.8, 4) is 22.5 Å². The van der Waals surface area contributed by atoms with Gasteiger partial charge in [0.05, 0.1) is 6.54 Å². The fourth-order valence-corrected chi connectivity index (χ4v) is 3.57. The van der Waals surface area contributed by atoms with Crippen molar-refractivity contribution in [1.29, 1.82) is 0 Å². The van der Waals surface area contributed by atoms with E-state index in [0.717, 1.165) is 33.4 Å². The minimum absolute atomic E-state index is 0.280. The van der Waals surface area contributed by atoms with Crippen LogP contribution >= 0.6 is 0 Å². The molecule has 1 N–H and O–H groups in total. The molecule has 4 rings (SSSR count). The summed E-state index contributed by atoms with van der Waals surface area (Å²) in [6, 6.07) is 15.8. The molecule has 2 aromatic heterocycles. The summed E-state index contributed by atoms with van der Waals surface area (Å²) in [6.07, 6.45) is 5.45. The third-order valence-electron chi connectivity index (χ3n) is 5.21. The Morgan fingerprint density at radius 1 is 1.06 bits per heavy atom. The third-order valence-corrected chi connectivity index (χ3v) is 5.21. The van der Waals surface area contributed by atoms with E-state index >= 15 is 0 Å². The van der Waals surface area contributed by atoms with Gasteiger partial charge >= 0.3 is 5.69 Å². The molecule has 2 heterocycles. The van der Waals surface area contributed by atoms with Gasteiger partial charge in [0.15, 0.2) is 5.82 Å². The summed E-state index contributed by atoms with van der Waals surface area (Å²) in [5.74, 6) is 0.705. The lowest BCUT2D eigenvalue weighted by molar-refractivity contribution is 0.0880. The maximum atomic E-state index is 12.9. The molecule has 0 saturated carbocycles. The van der Waals surface area contributed by atoms with Crippen LogP contribution in [0.3, 0.4) is 0 Å². The van der Waals surface area contributed by atoms with Crippen LogP contribution in [0.25, 0.3) is 28.6 Å². The molecule has 0 fully saturated rings. The average molecular weight is 444 g/mol. The van der Waals surface area contributed by atoms with E-state index in [9.17, 15) is 9.59 Å². The van der Waals surface area contributed by atoms with E-state index in [1.807, 2.05) is 68.5 Å². The molecule has 0 aliphatic rings. The number of aromatic nitrogens is 7. The fraction of sp³-hybridized carbons (Fsp3) is 0.250. The van der Waals surface area contributed by atoms with Gasteiger partial charge in [0.1, 0.15) is 0 Å². The van der Waals surface area contributed by atoms with Gasteiger partial charge in [-0.05, 0) is 40.8 Å². The number of nitrogens with zero attached hydrogens (tertiary/aromatic N) is 6. The van der Waals surface area contributed by atoms with Crippen molar-refractivity contribution in [2.24, 2.45) is 0 Å². The van der Waals surface area contributed by atoms with Crippen LogP contribution < -0.4 is 5.69 Å². The number of benzene rings is 2. The highest BCUT2D eigenvalue weighted by molar-refractivity contribution is 5.80. The first-order chi connectivity index (χ1) is 16.1. The smallest absolute Gasteiger partial charge is 0.272 e. The molecular weight excluding hydrogens is 418 g/mol. The largest absolute Gasteiger partial charge is 0.353 e.